The second kappa shape index (κ2) is 8.15. The predicted octanol–water partition coefficient (Wildman–Crippen LogP) is 1.09. The third kappa shape index (κ3) is 3.52. The van der Waals surface area contributed by atoms with Gasteiger partial charge in [0, 0.05) is 34.4 Å². The van der Waals surface area contributed by atoms with Gasteiger partial charge < -0.3 is 11.1 Å². The van der Waals surface area contributed by atoms with Crippen molar-refractivity contribution in [3.63, 3.8) is 0 Å². The normalized spacial score (nSPS) is 16.1. The van der Waals surface area contributed by atoms with Crippen LogP contribution in [-0.2, 0) is 11.0 Å². The third-order valence-corrected chi connectivity index (χ3v) is 7.46. The number of nitrogens with two attached hydrogens (primary N) is 3. The molecule has 28 heavy (non-hydrogen) atoms. The van der Waals surface area contributed by atoms with E-state index in [2.05, 4.69) is 20.9 Å². The minimum Gasteiger partial charge on any atom is -0.382 e. The number of thiazole rings is 1. The Labute approximate surface area is 172 Å². The average Bonchev–Trinajstić information content (AvgIpc) is 3.13. The molecule has 146 valence electrons. The zero-order valence-electron chi connectivity index (χ0n) is 14.7. The number of hydrazone groups is 1. The predicted molar refractivity (Wildman–Crippen MR) is 116 cm³/mol. The van der Waals surface area contributed by atoms with Crippen LogP contribution in [0.5, 0.6) is 0 Å². The van der Waals surface area contributed by atoms with Crippen LogP contribution in [-0.4, -0.2) is 33.4 Å². The van der Waals surface area contributed by atoms with E-state index in [4.69, 9.17) is 16.7 Å². The second-order valence-electron chi connectivity index (χ2n) is 6.14. The maximum Gasteiger partial charge on any atom is 0.154 e. The number of para-hydroxylation sites is 1. The van der Waals surface area contributed by atoms with Crippen LogP contribution in [0.1, 0.15) is 5.56 Å². The van der Waals surface area contributed by atoms with Crippen molar-refractivity contribution in [1.29, 1.82) is 0 Å². The summed E-state index contributed by atoms with van der Waals surface area (Å²) in [5, 5.41) is 13.5. The molecule has 1 atom stereocenters. The first-order chi connectivity index (χ1) is 13.6. The number of nitrogens with one attached hydrogen (secondary N) is 2. The van der Waals surface area contributed by atoms with E-state index >= 15 is 0 Å². The van der Waals surface area contributed by atoms with Crippen molar-refractivity contribution in [2.75, 3.05) is 13.1 Å². The summed E-state index contributed by atoms with van der Waals surface area (Å²) in [7, 11) is -1.77. The van der Waals surface area contributed by atoms with E-state index in [1.807, 2.05) is 30.3 Å². The van der Waals surface area contributed by atoms with Gasteiger partial charge in [0.15, 0.2) is 5.84 Å². The molecule has 0 spiro atoms. The summed E-state index contributed by atoms with van der Waals surface area (Å²) < 4.78 is 13.6. The van der Waals surface area contributed by atoms with Gasteiger partial charge in [-0.15, -0.1) is 28.2 Å². The van der Waals surface area contributed by atoms with E-state index in [9.17, 15) is 4.21 Å². The largest absolute Gasteiger partial charge is 0.382 e. The van der Waals surface area contributed by atoms with Crippen molar-refractivity contribution in [2.24, 2.45) is 21.8 Å². The molecule has 1 aromatic heterocycles. The van der Waals surface area contributed by atoms with Crippen LogP contribution in [0.15, 0.2) is 50.7 Å². The maximum absolute atomic E-state index is 12.6. The van der Waals surface area contributed by atoms with E-state index in [0.29, 0.717) is 15.7 Å². The molecular formula is C17H19N7OS3. The van der Waals surface area contributed by atoms with E-state index < -0.39 is 11.0 Å². The van der Waals surface area contributed by atoms with Gasteiger partial charge in [-0.05, 0) is 17.7 Å². The topological polar surface area (TPSA) is 144 Å². The smallest absolute Gasteiger partial charge is 0.154 e. The van der Waals surface area contributed by atoms with E-state index in [1.165, 1.54) is 0 Å². The lowest BCUT2D eigenvalue weighted by molar-refractivity contribution is 0.543. The molecule has 1 aliphatic rings. The number of fused-ring (bicyclic) bond motifs is 1. The summed E-state index contributed by atoms with van der Waals surface area (Å²) in [5.41, 5.74) is 13.2. The van der Waals surface area contributed by atoms with Crippen LogP contribution in [0.25, 0.3) is 21.3 Å². The SMILES string of the molecule is NN/N=C(\N)c1c(-c2cccc3scnc23)ccc(SC2CNC2)c1S(N)=O. The van der Waals surface area contributed by atoms with Crippen LogP contribution >= 0.6 is 23.1 Å². The molecule has 1 fully saturated rings. The molecule has 2 heterocycles. The molecule has 0 radical (unpaired) electrons. The Morgan fingerprint density at radius 1 is 1.32 bits per heavy atom. The van der Waals surface area contributed by atoms with Gasteiger partial charge in [-0.25, -0.2) is 25.7 Å². The molecule has 4 rings (SSSR count). The lowest BCUT2D eigenvalue weighted by Crippen LogP contribution is -2.44. The summed E-state index contributed by atoms with van der Waals surface area (Å²) in [6.45, 7) is 1.79. The summed E-state index contributed by atoms with van der Waals surface area (Å²) >= 11 is 3.19. The number of amidine groups is 1. The number of hydrogen-bond acceptors (Lipinski definition) is 8. The van der Waals surface area contributed by atoms with Crippen LogP contribution in [0, 0.1) is 0 Å². The summed E-state index contributed by atoms with van der Waals surface area (Å²) in [6, 6.07) is 9.81. The van der Waals surface area contributed by atoms with Gasteiger partial charge in [-0.3, -0.25) is 0 Å². The van der Waals surface area contributed by atoms with Crippen molar-refractivity contribution < 1.29 is 4.21 Å². The fraction of sp³-hybridized carbons (Fsp3) is 0.176. The van der Waals surface area contributed by atoms with Crippen molar-refractivity contribution in [3.8, 4) is 11.1 Å². The molecule has 0 aliphatic carbocycles. The highest BCUT2D eigenvalue weighted by atomic mass is 32.2. The van der Waals surface area contributed by atoms with Crippen LogP contribution in [0.2, 0.25) is 0 Å². The Morgan fingerprint density at radius 3 is 2.82 bits per heavy atom. The van der Waals surface area contributed by atoms with Crippen molar-refractivity contribution >= 4 is 50.1 Å². The lowest BCUT2D eigenvalue weighted by atomic mass is 9.98. The Hall–Kier alpha value is -2.02. The Kier molecular flexibility index (Phi) is 5.62. The number of hydrogen-bond donors (Lipinski definition) is 5. The molecule has 0 amide bonds. The lowest BCUT2D eigenvalue weighted by Gasteiger charge is -2.27. The fourth-order valence-electron chi connectivity index (χ4n) is 3.09. The highest BCUT2D eigenvalue weighted by Gasteiger charge is 2.26. The monoisotopic (exact) mass is 433 g/mol. The van der Waals surface area contributed by atoms with Gasteiger partial charge in [0.25, 0.3) is 0 Å². The highest BCUT2D eigenvalue weighted by molar-refractivity contribution is 8.00. The summed E-state index contributed by atoms with van der Waals surface area (Å²) in [4.78, 5) is 5.77. The van der Waals surface area contributed by atoms with Crippen molar-refractivity contribution in [1.82, 2.24) is 15.8 Å². The fourth-order valence-corrected chi connectivity index (χ4v) is 5.98. The molecule has 2 aromatic carbocycles. The summed E-state index contributed by atoms with van der Waals surface area (Å²) in [5.74, 6) is 5.47. The molecule has 11 heteroatoms. The van der Waals surface area contributed by atoms with Crippen molar-refractivity contribution in [3.05, 3.63) is 41.4 Å². The molecule has 8 nitrogen and oxygen atoms in total. The van der Waals surface area contributed by atoms with Crippen molar-refractivity contribution in [2.45, 2.75) is 15.0 Å². The third-order valence-electron chi connectivity index (χ3n) is 4.45. The van der Waals surface area contributed by atoms with Crippen LogP contribution in [0.4, 0.5) is 0 Å². The molecule has 1 unspecified atom stereocenters. The van der Waals surface area contributed by atoms with Gasteiger partial charge in [-0.2, -0.15) is 0 Å². The number of aromatic nitrogens is 1. The molecule has 8 N–H and O–H groups in total. The minimum atomic E-state index is -1.77. The first-order valence-electron chi connectivity index (χ1n) is 8.42. The number of rotatable bonds is 6. The summed E-state index contributed by atoms with van der Waals surface area (Å²) in [6.07, 6.45) is 0. The van der Waals surface area contributed by atoms with Gasteiger partial charge in [-0.1, -0.05) is 18.2 Å². The number of hydrazine groups is 1. The first kappa shape index (κ1) is 19.3. The van der Waals surface area contributed by atoms with Gasteiger partial charge in [0.05, 0.1) is 20.6 Å². The molecule has 3 aromatic rings. The first-order valence-corrected chi connectivity index (χ1v) is 11.4. The Morgan fingerprint density at radius 2 is 2.14 bits per heavy atom. The van der Waals surface area contributed by atoms with E-state index in [0.717, 1.165) is 39.3 Å². The number of nitrogens with zero attached hydrogens (tertiary/aromatic N) is 2. The maximum atomic E-state index is 12.6. The molecular weight excluding hydrogens is 414 g/mol. The van der Waals surface area contributed by atoms with Gasteiger partial charge in [0.2, 0.25) is 0 Å². The highest BCUT2D eigenvalue weighted by Crippen LogP contribution is 2.39. The molecule has 0 saturated carbocycles. The van der Waals surface area contributed by atoms with Gasteiger partial charge in [0.1, 0.15) is 11.0 Å². The zero-order chi connectivity index (χ0) is 19.7. The number of benzene rings is 2. The molecule has 1 saturated heterocycles. The van der Waals surface area contributed by atoms with E-state index in [-0.39, 0.29) is 5.84 Å². The second-order valence-corrected chi connectivity index (χ2v) is 9.37. The Balaban J connectivity index is 1.98. The molecule has 1 aliphatic heterocycles. The zero-order valence-corrected chi connectivity index (χ0v) is 17.2. The minimum absolute atomic E-state index is 0.118. The van der Waals surface area contributed by atoms with Crippen LogP contribution < -0.4 is 27.6 Å². The molecule has 0 bridgehead atoms. The van der Waals surface area contributed by atoms with Crippen LogP contribution in [0.3, 0.4) is 0 Å². The quantitative estimate of drug-likeness (QED) is 0.169. The van der Waals surface area contributed by atoms with Gasteiger partial charge >= 0.3 is 0 Å². The standard InChI is InChI=1S/C17H19N7OS3/c18-17(23-24-19)14-10(11-2-1-3-12-15(11)22-8-26-12)4-5-13(16(14)28(20)25)27-9-6-21-7-9/h1-5,8-9,21,24H,6-7,19-20H2,(H2,18,23). The number of thioether (sulfide) groups is 1. The average molecular weight is 434 g/mol. The Bertz CT molecular complexity index is 1080. The van der Waals surface area contributed by atoms with E-state index in [1.54, 1.807) is 28.6 Å².